The second kappa shape index (κ2) is 7.19. The number of aromatic nitrogens is 2. The van der Waals surface area contributed by atoms with Crippen LogP contribution in [0.1, 0.15) is 52.3 Å². The van der Waals surface area contributed by atoms with Crippen LogP contribution in [0.15, 0.2) is 4.52 Å². The molecule has 0 spiro atoms. The summed E-state index contributed by atoms with van der Waals surface area (Å²) in [6.45, 7) is 7.31. The van der Waals surface area contributed by atoms with Crippen LogP contribution < -0.4 is 5.32 Å². The summed E-state index contributed by atoms with van der Waals surface area (Å²) in [6, 6.07) is -0.927. The van der Waals surface area contributed by atoms with E-state index in [1.165, 1.54) is 0 Å². The average Bonchev–Trinajstić information content (AvgIpc) is 2.80. The van der Waals surface area contributed by atoms with E-state index in [1.807, 2.05) is 6.92 Å². The molecule has 1 heterocycles. The summed E-state index contributed by atoms with van der Waals surface area (Å²) in [7, 11) is 0. The minimum absolute atomic E-state index is 0.119. The SMILES string of the molecule is CCCc1noc(CCC(=O)N[C@H](C(=O)O)C(C)(C)C)n1. The number of hydrogen-bond acceptors (Lipinski definition) is 5. The largest absolute Gasteiger partial charge is 0.480 e. The standard InChI is InChI=1S/C14H23N3O4/c1-5-6-9-15-11(21-17-9)8-7-10(18)16-12(13(19)20)14(2,3)4/h12H,5-8H2,1-4H3,(H,16,18)(H,19,20)/t12-/m1/s1. The summed E-state index contributed by atoms with van der Waals surface area (Å²) < 4.78 is 5.03. The van der Waals surface area contributed by atoms with Crippen molar-refractivity contribution in [1.29, 1.82) is 0 Å². The lowest BCUT2D eigenvalue weighted by molar-refractivity contribution is -0.144. The number of aliphatic carboxylic acids is 1. The topological polar surface area (TPSA) is 105 Å². The Hall–Kier alpha value is -1.92. The number of amides is 1. The average molecular weight is 297 g/mol. The van der Waals surface area contributed by atoms with E-state index in [2.05, 4.69) is 15.5 Å². The highest BCUT2D eigenvalue weighted by molar-refractivity contribution is 5.84. The normalized spacial score (nSPS) is 13.0. The molecule has 1 rings (SSSR count). The van der Waals surface area contributed by atoms with Crippen LogP contribution in [0.4, 0.5) is 0 Å². The van der Waals surface area contributed by atoms with E-state index in [0.29, 0.717) is 18.1 Å². The lowest BCUT2D eigenvalue weighted by Gasteiger charge is -2.27. The molecule has 1 atom stereocenters. The molecular formula is C14H23N3O4. The second-order valence-electron chi connectivity index (χ2n) is 6.06. The molecule has 0 fully saturated rings. The number of hydrogen-bond donors (Lipinski definition) is 2. The van der Waals surface area contributed by atoms with Gasteiger partial charge in [-0.1, -0.05) is 32.9 Å². The first-order valence-electron chi connectivity index (χ1n) is 7.07. The highest BCUT2D eigenvalue weighted by Crippen LogP contribution is 2.19. The number of nitrogens with zero attached hydrogens (tertiary/aromatic N) is 2. The van der Waals surface area contributed by atoms with Gasteiger partial charge < -0.3 is 14.9 Å². The molecule has 21 heavy (non-hydrogen) atoms. The van der Waals surface area contributed by atoms with Crippen molar-refractivity contribution in [1.82, 2.24) is 15.5 Å². The molecule has 0 aliphatic heterocycles. The van der Waals surface area contributed by atoms with Crippen molar-refractivity contribution in [2.24, 2.45) is 5.41 Å². The summed E-state index contributed by atoms with van der Waals surface area (Å²) >= 11 is 0. The molecule has 0 bridgehead atoms. The number of carboxylic acids is 1. The van der Waals surface area contributed by atoms with E-state index >= 15 is 0 Å². The Balaban J connectivity index is 2.51. The van der Waals surface area contributed by atoms with Gasteiger partial charge in [0.1, 0.15) is 6.04 Å². The van der Waals surface area contributed by atoms with Crippen LogP contribution in [0.25, 0.3) is 0 Å². The van der Waals surface area contributed by atoms with E-state index < -0.39 is 17.4 Å². The van der Waals surface area contributed by atoms with Gasteiger partial charge in [0.15, 0.2) is 5.82 Å². The first-order valence-corrected chi connectivity index (χ1v) is 7.07. The van der Waals surface area contributed by atoms with Gasteiger partial charge in [-0.25, -0.2) is 4.79 Å². The highest BCUT2D eigenvalue weighted by Gasteiger charge is 2.32. The minimum Gasteiger partial charge on any atom is -0.480 e. The molecule has 2 N–H and O–H groups in total. The van der Waals surface area contributed by atoms with Gasteiger partial charge in [-0.3, -0.25) is 4.79 Å². The lowest BCUT2D eigenvalue weighted by atomic mass is 9.86. The summed E-state index contributed by atoms with van der Waals surface area (Å²) in [6.07, 6.45) is 2.08. The summed E-state index contributed by atoms with van der Waals surface area (Å²) in [4.78, 5) is 27.2. The highest BCUT2D eigenvalue weighted by atomic mass is 16.5. The summed E-state index contributed by atoms with van der Waals surface area (Å²) in [5.41, 5.74) is -0.555. The van der Waals surface area contributed by atoms with Gasteiger partial charge in [0.05, 0.1) is 0 Å². The van der Waals surface area contributed by atoms with Gasteiger partial charge in [-0.05, 0) is 11.8 Å². The van der Waals surface area contributed by atoms with E-state index in [9.17, 15) is 9.59 Å². The van der Waals surface area contributed by atoms with Gasteiger partial charge >= 0.3 is 5.97 Å². The maximum absolute atomic E-state index is 11.8. The molecule has 7 nitrogen and oxygen atoms in total. The molecular weight excluding hydrogens is 274 g/mol. The number of nitrogens with one attached hydrogen (secondary N) is 1. The predicted octanol–water partition coefficient (Wildman–Crippen LogP) is 1.57. The lowest BCUT2D eigenvalue weighted by Crippen LogP contribution is -2.49. The van der Waals surface area contributed by atoms with Crippen LogP contribution in [-0.2, 0) is 22.4 Å². The molecule has 0 aliphatic rings. The van der Waals surface area contributed by atoms with E-state index in [4.69, 9.17) is 9.63 Å². The fourth-order valence-electron chi connectivity index (χ4n) is 1.82. The predicted molar refractivity (Wildman–Crippen MR) is 75.6 cm³/mol. The molecule has 118 valence electrons. The first kappa shape index (κ1) is 17.1. The van der Waals surface area contributed by atoms with Crippen molar-refractivity contribution in [3.8, 4) is 0 Å². The number of aryl methyl sites for hydroxylation is 2. The third-order valence-electron chi connectivity index (χ3n) is 2.97. The minimum atomic E-state index is -1.04. The zero-order valence-electron chi connectivity index (χ0n) is 13.0. The van der Waals surface area contributed by atoms with Crippen LogP contribution in [0, 0.1) is 5.41 Å². The number of carbonyl (C=O) groups is 2. The number of carboxylic acid groups (broad SMARTS) is 1. The summed E-state index contributed by atoms with van der Waals surface area (Å²) in [5, 5.41) is 15.5. The number of rotatable bonds is 7. The molecule has 0 aromatic carbocycles. The van der Waals surface area contributed by atoms with Crippen LogP contribution in [0.2, 0.25) is 0 Å². The van der Waals surface area contributed by atoms with E-state index in [-0.39, 0.29) is 12.3 Å². The van der Waals surface area contributed by atoms with Crippen LogP contribution in [-0.4, -0.2) is 33.2 Å². The van der Waals surface area contributed by atoms with Crippen LogP contribution >= 0.6 is 0 Å². The maximum atomic E-state index is 11.8. The van der Waals surface area contributed by atoms with Crippen molar-refractivity contribution in [3.63, 3.8) is 0 Å². The Morgan fingerprint density at radius 3 is 2.52 bits per heavy atom. The zero-order chi connectivity index (χ0) is 16.0. The van der Waals surface area contributed by atoms with Crippen molar-refractivity contribution < 1.29 is 19.2 Å². The molecule has 0 saturated carbocycles. The third-order valence-corrected chi connectivity index (χ3v) is 2.97. The fourth-order valence-corrected chi connectivity index (χ4v) is 1.82. The Kier molecular flexibility index (Phi) is 5.87. The third kappa shape index (κ3) is 5.53. The smallest absolute Gasteiger partial charge is 0.326 e. The molecule has 7 heteroatoms. The van der Waals surface area contributed by atoms with E-state index in [1.54, 1.807) is 20.8 Å². The zero-order valence-corrected chi connectivity index (χ0v) is 13.0. The first-order chi connectivity index (χ1) is 9.74. The monoisotopic (exact) mass is 297 g/mol. The van der Waals surface area contributed by atoms with Crippen LogP contribution in [0.5, 0.6) is 0 Å². The van der Waals surface area contributed by atoms with Gasteiger partial charge in [0.2, 0.25) is 11.8 Å². The molecule has 0 radical (unpaired) electrons. The molecule has 0 aliphatic carbocycles. The Labute approximate surface area is 124 Å². The van der Waals surface area contributed by atoms with Gasteiger partial charge in [0.25, 0.3) is 0 Å². The van der Waals surface area contributed by atoms with Gasteiger partial charge in [0, 0.05) is 19.3 Å². The Bertz CT molecular complexity index is 491. The molecule has 1 aromatic rings. The van der Waals surface area contributed by atoms with Gasteiger partial charge in [-0.2, -0.15) is 4.98 Å². The van der Waals surface area contributed by atoms with Crippen molar-refractivity contribution in [3.05, 3.63) is 11.7 Å². The summed E-state index contributed by atoms with van der Waals surface area (Å²) in [5.74, 6) is -0.353. The Morgan fingerprint density at radius 1 is 1.33 bits per heavy atom. The van der Waals surface area contributed by atoms with Crippen molar-refractivity contribution in [2.45, 2.75) is 59.4 Å². The maximum Gasteiger partial charge on any atom is 0.326 e. The van der Waals surface area contributed by atoms with Crippen molar-refractivity contribution in [2.75, 3.05) is 0 Å². The Morgan fingerprint density at radius 2 is 2.00 bits per heavy atom. The fraction of sp³-hybridized carbons (Fsp3) is 0.714. The van der Waals surface area contributed by atoms with Gasteiger partial charge in [-0.15, -0.1) is 0 Å². The molecule has 0 saturated heterocycles. The molecule has 0 unspecified atom stereocenters. The molecule has 1 aromatic heterocycles. The van der Waals surface area contributed by atoms with E-state index in [0.717, 1.165) is 12.8 Å². The number of carbonyl (C=O) groups excluding carboxylic acids is 1. The van der Waals surface area contributed by atoms with Crippen LogP contribution in [0.3, 0.4) is 0 Å². The van der Waals surface area contributed by atoms with Crippen molar-refractivity contribution >= 4 is 11.9 Å². The quantitative estimate of drug-likeness (QED) is 0.791. The molecule has 1 amide bonds. The second-order valence-corrected chi connectivity index (χ2v) is 6.06.